The summed E-state index contributed by atoms with van der Waals surface area (Å²) in [7, 11) is 0. The molecule has 0 unspecified atom stereocenters. The lowest BCUT2D eigenvalue weighted by atomic mass is 9.47. The van der Waals surface area contributed by atoms with Crippen molar-refractivity contribution in [2.75, 3.05) is 4.90 Å². The Hall–Kier alpha value is -5.42. The van der Waals surface area contributed by atoms with Crippen molar-refractivity contribution >= 4 is 29.6 Å². The highest BCUT2D eigenvalue weighted by atomic mass is 16.2. The van der Waals surface area contributed by atoms with Crippen LogP contribution in [0.15, 0.2) is 102 Å². The molecule has 1 saturated heterocycles. The maximum atomic E-state index is 14.4. The van der Waals surface area contributed by atoms with Crippen molar-refractivity contribution < 1.29 is 14.4 Å². The molecular weight excluding hydrogens is 502 g/mol. The van der Waals surface area contributed by atoms with Gasteiger partial charge in [-0.3, -0.25) is 19.4 Å². The molecule has 1 fully saturated rings. The Balaban J connectivity index is 1.43. The van der Waals surface area contributed by atoms with Crippen LogP contribution in [-0.4, -0.2) is 28.9 Å². The monoisotopic (exact) mass is 523 g/mol. The minimum Gasteiger partial charge on any atom is -0.274 e. The van der Waals surface area contributed by atoms with Gasteiger partial charge in [-0.05, 0) is 46.5 Å². The van der Waals surface area contributed by atoms with Crippen LogP contribution in [0.25, 0.3) is 0 Å². The van der Waals surface area contributed by atoms with E-state index in [1.807, 2.05) is 48.5 Å². The lowest BCUT2D eigenvalue weighted by molar-refractivity contribution is -0.122. The molecule has 2 atom stereocenters. The topological polar surface area (TPSA) is 116 Å². The minimum atomic E-state index is -1.12. The number of rotatable bonds is 4. The zero-order valence-corrected chi connectivity index (χ0v) is 21.1. The van der Waals surface area contributed by atoms with Gasteiger partial charge in [0.05, 0.1) is 28.5 Å². The maximum absolute atomic E-state index is 14.4. The van der Waals surface area contributed by atoms with E-state index in [1.54, 1.807) is 42.6 Å². The molecule has 1 aliphatic heterocycles. The Morgan fingerprint density at radius 2 is 1.52 bits per heavy atom. The van der Waals surface area contributed by atoms with Crippen LogP contribution in [0.1, 0.15) is 44.1 Å². The van der Waals surface area contributed by atoms with Gasteiger partial charge in [0, 0.05) is 30.1 Å². The predicted octanol–water partition coefficient (Wildman–Crippen LogP) is 3.92. The highest BCUT2D eigenvalue weighted by Gasteiger charge is 2.68. The Labute approximate surface area is 229 Å². The Morgan fingerprint density at radius 1 is 0.900 bits per heavy atom. The van der Waals surface area contributed by atoms with Gasteiger partial charge in [0.15, 0.2) is 0 Å². The lowest BCUT2D eigenvalue weighted by Crippen LogP contribution is -2.54. The number of nitriles is 1. The van der Waals surface area contributed by atoms with Gasteiger partial charge in [0.25, 0.3) is 5.91 Å². The number of anilines is 1. The van der Waals surface area contributed by atoms with Gasteiger partial charge in [0.1, 0.15) is 6.07 Å². The van der Waals surface area contributed by atoms with E-state index in [1.165, 1.54) is 17.3 Å². The van der Waals surface area contributed by atoms with Gasteiger partial charge in [0.2, 0.25) is 11.8 Å². The molecule has 2 heterocycles. The molecule has 40 heavy (non-hydrogen) atoms. The Kier molecular flexibility index (Phi) is 5.22. The number of aromatic nitrogens is 1. The van der Waals surface area contributed by atoms with E-state index in [9.17, 15) is 19.6 Å². The summed E-state index contributed by atoms with van der Waals surface area (Å²) in [6.45, 7) is 0. The van der Waals surface area contributed by atoms with E-state index in [0.29, 0.717) is 5.56 Å². The summed E-state index contributed by atoms with van der Waals surface area (Å²) in [4.78, 5) is 46.5. The number of nitrogens with zero attached hydrogens (tertiary/aromatic N) is 4. The molecule has 1 aromatic heterocycles. The second-order valence-corrected chi connectivity index (χ2v) is 10.1. The van der Waals surface area contributed by atoms with Crippen LogP contribution in [0.3, 0.4) is 0 Å². The van der Waals surface area contributed by atoms with Gasteiger partial charge in [-0.2, -0.15) is 10.4 Å². The third-order valence-corrected chi connectivity index (χ3v) is 8.33. The van der Waals surface area contributed by atoms with Crippen molar-refractivity contribution in [3.8, 4) is 6.07 Å². The number of imide groups is 1. The van der Waals surface area contributed by atoms with E-state index < -0.39 is 29.1 Å². The maximum Gasteiger partial charge on any atom is 0.271 e. The molecule has 8 nitrogen and oxygen atoms in total. The fourth-order valence-electron chi connectivity index (χ4n) is 6.81. The number of benzene rings is 3. The van der Waals surface area contributed by atoms with E-state index in [0.717, 1.165) is 22.3 Å². The molecule has 0 radical (unpaired) electrons. The third kappa shape index (κ3) is 3.09. The van der Waals surface area contributed by atoms with Gasteiger partial charge in [-0.15, -0.1) is 0 Å². The average Bonchev–Trinajstić information content (AvgIpc) is 3.28. The van der Waals surface area contributed by atoms with Gasteiger partial charge in [-0.25, -0.2) is 10.3 Å². The predicted molar refractivity (Wildman–Crippen MR) is 146 cm³/mol. The van der Waals surface area contributed by atoms with Crippen LogP contribution in [0, 0.1) is 23.2 Å². The molecule has 3 amide bonds. The number of amides is 3. The second-order valence-electron chi connectivity index (χ2n) is 10.1. The zero-order valence-electron chi connectivity index (χ0n) is 21.1. The quantitative estimate of drug-likeness (QED) is 0.247. The summed E-state index contributed by atoms with van der Waals surface area (Å²) in [5.41, 5.74) is 6.04. The standard InChI is InChI=1S/C32H21N5O3/c33-17-20-7-1-6-12-25(20)37-30(39)27-26-21-8-2-4-10-23(21)32(28(27)31(37)40,24-11-5-3-9-22(24)26)18-35-36-29(38)19-13-15-34-16-14-19/h1-16,18,26-28H,(H,36,38)/b35-18-/t26?,27-,28-,32?/m1/s1. The van der Waals surface area contributed by atoms with Crippen LogP contribution in [0.5, 0.6) is 0 Å². The SMILES string of the molecule is N#Cc1ccccc1N1C(=O)[C@@H]2C3c4ccccc4C(/C=N\NC(=O)c4ccncc4)(c4ccccc43)[C@H]2C1=O. The second kappa shape index (κ2) is 8.82. The van der Waals surface area contributed by atoms with Crippen molar-refractivity contribution in [1.82, 2.24) is 10.4 Å². The summed E-state index contributed by atoms with van der Waals surface area (Å²) in [6.07, 6.45) is 4.66. The lowest BCUT2D eigenvalue weighted by Gasteiger charge is -2.52. The highest BCUT2D eigenvalue weighted by molar-refractivity contribution is 6.25. The molecular formula is C32H21N5O3. The molecule has 192 valence electrons. The number of para-hydroxylation sites is 1. The van der Waals surface area contributed by atoms with Crippen molar-refractivity contribution in [2.45, 2.75) is 11.3 Å². The number of hydrogen-bond donors (Lipinski definition) is 1. The number of carbonyl (C=O) groups excluding carboxylic acids is 3. The highest BCUT2D eigenvalue weighted by Crippen LogP contribution is 2.63. The van der Waals surface area contributed by atoms with Gasteiger partial charge >= 0.3 is 0 Å². The van der Waals surface area contributed by atoms with E-state index in [2.05, 4.69) is 21.6 Å². The molecule has 4 aliphatic rings. The first-order chi connectivity index (χ1) is 19.6. The van der Waals surface area contributed by atoms with Gasteiger partial charge in [-0.1, -0.05) is 60.7 Å². The van der Waals surface area contributed by atoms with E-state index in [-0.39, 0.29) is 23.1 Å². The van der Waals surface area contributed by atoms with Crippen molar-refractivity contribution in [1.29, 1.82) is 5.26 Å². The smallest absolute Gasteiger partial charge is 0.271 e. The average molecular weight is 524 g/mol. The molecule has 3 aromatic carbocycles. The largest absolute Gasteiger partial charge is 0.274 e. The number of pyridine rings is 1. The first-order valence-electron chi connectivity index (χ1n) is 12.9. The fourth-order valence-corrected chi connectivity index (χ4v) is 6.81. The number of hydrazone groups is 1. The van der Waals surface area contributed by atoms with Crippen LogP contribution in [-0.2, 0) is 15.0 Å². The van der Waals surface area contributed by atoms with Crippen LogP contribution >= 0.6 is 0 Å². The summed E-state index contributed by atoms with van der Waals surface area (Å²) >= 11 is 0. The van der Waals surface area contributed by atoms with Crippen molar-refractivity contribution in [3.05, 3.63) is 131 Å². The molecule has 3 aliphatic carbocycles. The fraction of sp³-hybridized carbons (Fsp3) is 0.125. The molecule has 8 heteroatoms. The van der Waals surface area contributed by atoms with Gasteiger partial charge < -0.3 is 0 Å². The zero-order chi connectivity index (χ0) is 27.4. The number of carbonyl (C=O) groups is 3. The third-order valence-electron chi connectivity index (χ3n) is 8.33. The molecule has 0 spiro atoms. The normalized spacial score (nSPS) is 23.9. The number of hydrogen-bond acceptors (Lipinski definition) is 6. The van der Waals surface area contributed by atoms with Crippen LogP contribution in [0.2, 0.25) is 0 Å². The first kappa shape index (κ1) is 23.7. The number of nitrogens with one attached hydrogen (secondary N) is 1. The van der Waals surface area contributed by atoms with Crippen molar-refractivity contribution in [2.24, 2.45) is 16.9 Å². The first-order valence-corrected chi connectivity index (χ1v) is 12.9. The van der Waals surface area contributed by atoms with E-state index >= 15 is 0 Å². The summed E-state index contributed by atoms with van der Waals surface area (Å²) < 4.78 is 0. The minimum absolute atomic E-state index is 0.248. The molecule has 0 saturated carbocycles. The summed E-state index contributed by atoms with van der Waals surface area (Å²) in [6, 6.07) is 27.5. The summed E-state index contributed by atoms with van der Waals surface area (Å²) in [5, 5.41) is 14.2. The molecule has 8 rings (SSSR count). The van der Waals surface area contributed by atoms with E-state index in [4.69, 9.17) is 0 Å². The van der Waals surface area contributed by atoms with Crippen molar-refractivity contribution in [3.63, 3.8) is 0 Å². The summed E-state index contributed by atoms with van der Waals surface area (Å²) in [5.74, 6) is -3.01. The molecule has 4 aromatic rings. The van der Waals surface area contributed by atoms with Crippen LogP contribution < -0.4 is 10.3 Å². The molecule has 2 bridgehead atoms. The molecule has 1 N–H and O–H groups in total. The van der Waals surface area contributed by atoms with Crippen LogP contribution in [0.4, 0.5) is 5.69 Å². The Bertz CT molecular complexity index is 1740. The Morgan fingerprint density at radius 3 is 2.20 bits per heavy atom.